The maximum atomic E-state index is 3.78. The minimum atomic E-state index is 0.440. The molecule has 92 valence electrons. The lowest BCUT2D eigenvalue weighted by Gasteiger charge is -2.46. The molecule has 2 saturated carbocycles. The van der Waals surface area contributed by atoms with E-state index in [4.69, 9.17) is 0 Å². The molecule has 0 aromatic carbocycles. The van der Waals surface area contributed by atoms with Crippen molar-refractivity contribution >= 4 is 0 Å². The Morgan fingerprint density at radius 1 is 1.06 bits per heavy atom. The summed E-state index contributed by atoms with van der Waals surface area (Å²) in [6, 6.07) is 0.911. The fourth-order valence-corrected chi connectivity index (χ4v) is 3.79. The standard InChI is InChI=1S/C14H26N2/c1-14(12-7-8-12)11-16(10-9-15-14)13-5-3-2-4-6-13/h12-13,15H,2-11H2,1H3. The normalized spacial score (nSPS) is 38.8. The molecule has 0 bridgehead atoms. The molecule has 16 heavy (non-hydrogen) atoms. The molecule has 2 heteroatoms. The van der Waals surface area contributed by atoms with Crippen LogP contribution in [0.3, 0.4) is 0 Å². The monoisotopic (exact) mass is 222 g/mol. The van der Waals surface area contributed by atoms with E-state index in [9.17, 15) is 0 Å². The Hall–Kier alpha value is -0.0800. The molecule has 1 heterocycles. The SMILES string of the molecule is CC1(C2CC2)CN(C2CCCCC2)CCN1. The number of rotatable bonds is 2. The maximum Gasteiger partial charge on any atom is 0.0309 e. The highest BCUT2D eigenvalue weighted by molar-refractivity contribution is 5.03. The third-order valence-electron chi connectivity index (χ3n) is 5.03. The van der Waals surface area contributed by atoms with Crippen molar-refractivity contribution in [2.75, 3.05) is 19.6 Å². The van der Waals surface area contributed by atoms with E-state index in [1.165, 1.54) is 64.6 Å². The molecule has 0 aromatic heterocycles. The van der Waals surface area contributed by atoms with Gasteiger partial charge in [0.15, 0.2) is 0 Å². The van der Waals surface area contributed by atoms with Gasteiger partial charge in [-0.05, 0) is 38.5 Å². The lowest BCUT2D eigenvalue weighted by Crippen LogP contribution is -2.62. The lowest BCUT2D eigenvalue weighted by molar-refractivity contribution is 0.0709. The van der Waals surface area contributed by atoms with E-state index in [2.05, 4.69) is 17.1 Å². The number of nitrogens with one attached hydrogen (secondary N) is 1. The Bertz CT molecular complexity index is 243. The Morgan fingerprint density at radius 3 is 2.50 bits per heavy atom. The van der Waals surface area contributed by atoms with Crippen molar-refractivity contribution in [1.29, 1.82) is 0 Å². The van der Waals surface area contributed by atoms with Gasteiger partial charge in [0.25, 0.3) is 0 Å². The van der Waals surface area contributed by atoms with Crippen molar-refractivity contribution in [3.8, 4) is 0 Å². The minimum Gasteiger partial charge on any atom is -0.309 e. The topological polar surface area (TPSA) is 15.3 Å². The van der Waals surface area contributed by atoms with Crippen LogP contribution in [0, 0.1) is 5.92 Å². The van der Waals surface area contributed by atoms with Crippen LogP contribution < -0.4 is 5.32 Å². The van der Waals surface area contributed by atoms with Crippen molar-refractivity contribution in [1.82, 2.24) is 10.2 Å². The second-order valence-corrected chi connectivity index (χ2v) is 6.38. The van der Waals surface area contributed by atoms with E-state index in [1.807, 2.05) is 0 Å². The molecule has 2 nitrogen and oxygen atoms in total. The summed E-state index contributed by atoms with van der Waals surface area (Å²) in [5.74, 6) is 0.971. The van der Waals surface area contributed by atoms with Gasteiger partial charge in [-0.3, -0.25) is 4.90 Å². The van der Waals surface area contributed by atoms with Crippen molar-refractivity contribution in [2.24, 2.45) is 5.92 Å². The highest BCUT2D eigenvalue weighted by Crippen LogP contribution is 2.41. The summed E-state index contributed by atoms with van der Waals surface area (Å²) in [5.41, 5.74) is 0.440. The van der Waals surface area contributed by atoms with Gasteiger partial charge in [-0.2, -0.15) is 0 Å². The molecule has 3 aliphatic rings. The molecule has 1 unspecified atom stereocenters. The summed E-state index contributed by atoms with van der Waals surface area (Å²) >= 11 is 0. The van der Waals surface area contributed by atoms with E-state index in [-0.39, 0.29) is 0 Å². The van der Waals surface area contributed by atoms with Crippen LogP contribution in [0.5, 0.6) is 0 Å². The molecule has 1 saturated heterocycles. The summed E-state index contributed by atoms with van der Waals surface area (Å²) in [4.78, 5) is 2.80. The summed E-state index contributed by atoms with van der Waals surface area (Å²) in [5, 5.41) is 3.78. The predicted molar refractivity (Wildman–Crippen MR) is 67.6 cm³/mol. The molecule has 1 atom stereocenters. The van der Waals surface area contributed by atoms with Crippen molar-refractivity contribution in [3.63, 3.8) is 0 Å². The molecule has 2 aliphatic carbocycles. The zero-order chi connectivity index (χ0) is 11.0. The van der Waals surface area contributed by atoms with Gasteiger partial charge in [0.1, 0.15) is 0 Å². The molecular weight excluding hydrogens is 196 g/mol. The zero-order valence-corrected chi connectivity index (χ0v) is 10.7. The number of hydrogen-bond acceptors (Lipinski definition) is 2. The third kappa shape index (κ3) is 2.14. The average Bonchev–Trinajstić information content (AvgIpc) is 3.14. The van der Waals surface area contributed by atoms with Gasteiger partial charge < -0.3 is 5.32 Å². The van der Waals surface area contributed by atoms with Gasteiger partial charge in [-0.1, -0.05) is 19.3 Å². The minimum absolute atomic E-state index is 0.440. The van der Waals surface area contributed by atoms with Crippen LogP contribution in [0.15, 0.2) is 0 Å². The Labute approximate surface area is 99.8 Å². The first-order valence-corrected chi connectivity index (χ1v) is 7.27. The number of piperazine rings is 1. The summed E-state index contributed by atoms with van der Waals surface area (Å²) in [6.45, 7) is 6.26. The Morgan fingerprint density at radius 2 is 1.81 bits per heavy atom. The van der Waals surface area contributed by atoms with Crippen LogP contribution in [0.25, 0.3) is 0 Å². The fourth-order valence-electron chi connectivity index (χ4n) is 3.79. The van der Waals surface area contributed by atoms with E-state index >= 15 is 0 Å². The smallest absolute Gasteiger partial charge is 0.0309 e. The van der Waals surface area contributed by atoms with Crippen LogP contribution in [-0.4, -0.2) is 36.1 Å². The van der Waals surface area contributed by atoms with Crippen LogP contribution in [0.2, 0.25) is 0 Å². The van der Waals surface area contributed by atoms with Gasteiger partial charge in [0, 0.05) is 31.2 Å². The van der Waals surface area contributed by atoms with Crippen LogP contribution >= 0.6 is 0 Å². The molecule has 3 fully saturated rings. The lowest BCUT2D eigenvalue weighted by atomic mass is 9.88. The zero-order valence-electron chi connectivity index (χ0n) is 10.7. The summed E-state index contributed by atoms with van der Waals surface area (Å²) in [7, 11) is 0. The van der Waals surface area contributed by atoms with Gasteiger partial charge in [0.2, 0.25) is 0 Å². The first-order chi connectivity index (χ1) is 7.78. The Kier molecular flexibility index (Phi) is 2.97. The summed E-state index contributed by atoms with van der Waals surface area (Å²) in [6.07, 6.45) is 10.2. The van der Waals surface area contributed by atoms with E-state index in [0.29, 0.717) is 5.54 Å². The van der Waals surface area contributed by atoms with Crippen LogP contribution in [-0.2, 0) is 0 Å². The highest BCUT2D eigenvalue weighted by Gasteiger charge is 2.44. The maximum absolute atomic E-state index is 3.78. The number of hydrogen-bond donors (Lipinski definition) is 1. The highest BCUT2D eigenvalue weighted by atomic mass is 15.2. The van der Waals surface area contributed by atoms with Crippen molar-refractivity contribution in [3.05, 3.63) is 0 Å². The largest absolute Gasteiger partial charge is 0.309 e. The molecule has 0 spiro atoms. The molecule has 0 amide bonds. The predicted octanol–water partition coefficient (Wildman–Crippen LogP) is 2.39. The van der Waals surface area contributed by atoms with Gasteiger partial charge in [-0.25, -0.2) is 0 Å². The van der Waals surface area contributed by atoms with Gasteiger partial charge in [0.05, 0.1) is 0 Å². The second kappa shape index (κ2) is 4.30. The van der Waals surface area contributed by atoms with Crippen molar-refractivity contribution < 1.29 is 0 Å². The van der Waals surface area contributed by atoms with Gasteiger partial charge in [-0.15, -0.1) is 0 Å². The quantitative estimate of drug-likeness (QED) is 0.772. The number of nitrogens with zero attached hydrogens (tertiary/aromatic N) is 1. The second-order valence-electron chi connectivity index (χ2n) is 6.38. The average molecular weight is 222 g/mol. The Balaban J connectivity index is 1.62. The van der Waals surface area contributed by atoms with Crippen LogP contribution in [0.1, 0.15) is 51.9 Å². The van der Waals surface area contributed by atoms with E-state index < -0.39 is 0 Å². The van der Waals surface area contributed by atoms with Crippen molar-refractivity contribution in [2.45, 2.75) is 63.5 Å². The molecule has 3 rings (SSSR count). The van der Waals surface area contributed by atoms with Crippen LogP contribution in [0.4, 0.5) is 0 Å². The van der Waals surface area contributed by atoms with Gasteiger partial charge >= 0.3 is 0 Å². The van der Waals surface area contributed by atoms with E-state index in [0.717, 1.165) is 12.0 Å². The van der Waals surface area contributed by atoms with E-state index in [1.54, 1.807) is 0 Å². The molecule has 0 radical (unpaired) electrons. The molecule has 0 aromatic rings. The third-order valence-corrected chi connectivity index (χ3v) is 5.03. The summed E-state index contributed by atoms with van der Waals surface area (Å²) < 4.78 is 0. The molecular formula is C14H26N2. The first kappa shape index (κ1) is 11.0. The first-order valence-electron chi connectivity index (χ1n) is 7.27. The fraction of sp³-hybridized carbons (Fsp3) is 1.00. The molecule has 1 N–H and O–H groups in total. The molecule has 1 aliphatic heterocycles.